The molecule has 0 spiro atoms. The summed E-state index contributed by atoms with van der Waals surface area (Å²) in [6.45, 7) is 6.38. The zero-order chi connectivity index (χ0) is 25.2. The number of benzene rings is 2. The number of aromatic nitrogens is 2. The number of sulfonamides is 1. The molecule has 0 unspecified atom stereocenters. The van der Waals surface area contributed by atoms with Crippen molar-refractivity contribution in [1.82, 2.24) is 14.7 Å². The molecular formula is C24H28N6O3S2. The Morgan fingerprint density at radius 2 is 1.80 bits per heavy atom. The van der Waals surface area contributed by atoms with E-state index < -0.39 is 10.0 Å². The number of amides is 1. The first-order valence-electron chi connectivity index (χ1n) is 11.2. The van der Waals surface area contributed by atoms with E-state index in [0.717, 1.165) is 28.3 Å². The predicted molar refractivity (Wildman–Crippen MR) is 141 cm³/mol. The van der Waals surface area contributed by atoms with E-state index >= 15 is 0 Å². The second-order valence-electron chi connectivity index (χ2n) is 8.18. The number of hydrogen-bond acceptors (Lipinski definition) is 8. The molecule has 0 radical (unpaired) electrons. The van der Waals surface area contributed by atoms with E-state index in [9.17, 15) is 13.2 Å². The molecule has 35 heavy (non-hydrogen) atoms. The van der Waals surface area contributed by atoms with Crippen molar-refractivity contribution in [1.29, 1.82) is 0 Å². The monoisotopic (exact) mass is 512 g/mol. The van der Waals surface area contributed by atoms with E-state index in [1.807, 2.05) is 30.0 Å². The van der Waals surface area contributed by atoms with Crippen molar-refractivity contribution >= 4 is 56.5 Å². The number of carbonyl (C=O) groups is 1. The average molecular weight is 513 g/mol. The van der Waals surface area contributed by atoms with Gasteiger partial charge in [0, 0.05) is 34.6 Å². The van der Waals surface area contributed by atoms with E-state index in [1.54, 1.807) is 43.1 Å². The Balaban J connectivity index is 1.60. The minimum atomic E-state index is -3.59. The van der Waals surface area contributed by atoms with Gasteiger partial charge in [0.1, 0.15) is 5.82 Å². The molecule has 3 aromatic rings. The van der Waals surface area contributed by atoms with Gasteiger partial charge in [-0.3, -0.25) is 4.79 Å². The zero-order valence-corrected chi connectivity index (χ0v) is 21.7. The van der Waals surface area contributed by atoms with Gasteiger partial charge in [-0.05, 0) is 63.2 Å². The molecule has 9 nitrogen and oxygen atoms in total. The third-order valence-corrected chi connectivity index (χ3v) is 8.19. The van der Waals surface area contributed by atoms with Gasteiger partial charge in [0.05, 0.1) is 16.3 Å². The van der Waals surface area contributed by atoms with Crippen LogP contribution in [-0.4, -0.2) is 43.6 Å². The van der Waals surface area contributed by atoms with Crippen LogP contribution in [-0.2, 0) is 14.8 Å². The van der Waals surface area contributed by atoms with Gasteiger partial charge in [-0.15, -0.1) is 11.8 Å². The number of nitrogens with zero attached hydrogens (tertiary/aromatic N) is 3. The maximum absolute atomic E-state index is 12.4. The van der Waals surface area contributed by atoms with Gasteiger partial charge >= 0.3 is 0 Å². The predicted octanol–water partition coefficient (Wildman–Crippen LogP) is 4.34. The summed E-state index contributed by atoms with van der Waals surface area (Å²) < 4.78 is 27.0. The number of aryl methyl sites for hydroxylation is 2. The molecule has 0 atom stereocenters. The highest BCUT2D eigenvalue weighted by atomic mass is 32.2. The third-order valence-electron chi connectivity index (χ3n) is 5.59. The number of fused-ring (bicyclic) bond motifs is 1. The molecule has 3 N–H and O–H groups in total. The highest BCUT2D eigenvalue weighted by Crippen LogP contribution is 2.38. The van der Waals surface area contributed by atoms with E-state index in [4.69, 9.17) is 0 Å². The molecule has 4 rings (SSSR count). The van der Waals surface area contributed by atoms with E-state index in [1.165, 1.54) is 7.05 Å². The summed E-state index contributed by atoms with van der Waals surface area (Å²) in [5, 5.41) is 6.43. The van der Waals surface area contributed by atoms with E-state index in [-0.39, 0.29) is 10.8 Å². The van der Waals surface area contributed by atoms with Crippen molar-refractivity contribution < 1.29 is 13.2 Å². The van der Waals surface area contributed by atoms with Gasteiger partial charge in [0.25, 0.3) is 0 Å². The van der Waals surface area contributed by atoms with E-state index in [2.05, 4.69) is 32.2 Å². The van der Waals surface area contributed by atoms with Crippen LogP contribution in [0, 0.1) is 13.8 Å². The summed E-state index contributed by atoms with van der Waals surface area (Å²) in [5.41, 5.74) is 3.75. The van der Waals surface area contributed by atoms with Crippen LogP contribution in [0.1, 0.15) is 24.5 Å². The Kier molecular flexibility index (Phi) is 7.29. The van der Waals surface area contributed by atoms with Crippen molar-refractivity contribution in [2.75, 3.05) is 34.9 Å². The number of nitrogens with one attached hydrogen (secondary N) is 3. The SMILES string of the molecule is CCCN1C(=O)CSc2ccc(Nc3nc(Nc4ccc(C)c(S(=O)(=O)NC)c4)ncc3C)cc21. The Morgan fingerprint density at radius 3 is 2.54 bits per heavy atom. The van der Waals surface area contributed by atoms with Gasteiger partial charge in [0.2, 0.25) is 21.9 Å². The number of rotatable bonds is 8. The summed E-state index contributed by atoms with van der Waals surface area (Å²) in [6.07, 6.45) is 2.57. The lowest BCUT2D eigenvalue weighted by atomic mass is 10.2. The summed E-state index contributed by atoms with van der Waals surface area (Å²) in [7, 11) is -2.21. The molecule has 2 aromatic carbocycles. The topological polar surface area (TPSA) is 116 Å². The van der Waals surface area contributed by atoms with Crippen LogP contribution in [0.5, 0.6) is 0 Å². The van der Waals surface area contributed by atoms with Crippen LogP contribution in [0.2, 0.25) is 0 Å². The molecule has 1 aromatic heterocycles. The van der Waals surface area contributed by atoms with Crippen LogP contribution in [0.25, 0.3) is 0 Å². The van der Waals surface area contributed by atoms with Crippen LogP contribution >= 0.6 is 11.8 Å². The molecule has 0 fully saturated rings. The molecule has 0 saturated heterocycles. The van der Waals surface area contributed by atoms with Crippen molar-refractivity contribution in [3.63, 3.8) is 0 Å². The Bertz CT molecular complexity index is 1380. The lowest BCUT2D eigenvalue weighted by molar-refractivity contribution is -0.116. The van der Waals surface area contributed by atoms with Crippen LogP contribution in [0.3, 0.4) is 0 Å². The summed E-state index contributed by atoms with van der Waals surface area (Å²) >= 11 is 1.55. The van der Waals surface area contributed by atoms with E-state index in [0.29, 0.717) is 35.3 Å². The average Bonchev–Trinajstić information content (AvgIpc) is 2.84. The fourth-order valence-corrected chi connectivity index (χ4v) is 5.63. The fourth-order valence-electron chi connectivity index (χ4n) is 3.72. The number of carbonyl (C=O) groups excluding carboxylic acids is 1. The maximum atomic E-state index is 12.4. The Morgan fingerprint density at radius 1 is 1.06 bits per heavy atom. The Hall–Kier alpha value is -3.15. The standard InChI is InChI=1S/C24H28N6O3S2/c1-5-10-30-19-11-17(8-9-20(19)34-14-22(30)31)27-23-16(3)13-26-24(29-23)28-18-7-6-15(2)21(12-18)35(32,33)25-4/h6-9,11-13,25H,5,10,14H2,1-4H3,(H2,26,27,28,29). The molecular weight excluding hydrogens is 484 g/mol. The van der Waals surface area contributed by atoms with Crippen molar-refractivity contribution in [3.05, 3.63) is 53.7 Å². The van der Waals surface area contributed by atoms with Crippen LogP contribution < -0.4 is 20.3 Å². The Labute approximate surface area is 209 Å². The molecule has 1 aliphatic rings. The smallest absolute Gasteiger partial charge is 0.240 e. The molecule has 2 heterocycles. The summed E-state index contributed by atoms with van der Waals surface area (Å²) in [6, 6.07) is 11.0. The first kappa shape index (κ1) is 25.0. The van der Waals surface area contributed by atoms with Gasteiger partial charge < -0.3 is 15.5 Å². The van der Waals surface area contributed by atoms with Crippen molar-refractivity contribution in [2.24, 2.45) is 0 Å². The minimum absolute atomic E-state index is 0.115. The summed E-state index contributed by atoms with van der Waals surface area (Å²) in [5.74, 6) is 1.50. The first-order valence-corrected chi connectivity index (χ1v) is 13.7. The molecule has 1 aliphatic heterocycles. The fraction of sp³-hybridized carbons (Fsp3) is 0.292. The maximum Gasteiger partial charge on any atom is 0.240 e. The zero-order valence-electron chi connectivity index (χ0n) is 20.0. The van der Waals surface area contributed by atoms with Crippen LogP contribution in [0.15, 0.2) is 52.4 Å². The number of thioether (sulfide) groups is 1. The first-order chi connectivity index (χ1) is 16.7. The molecule has 11 heteroatoms. The minimum Gasteiger partial charge on any atom is -0.340 e. The largest absolute Gasteiger partial charge is 0.340 e. The number of hydrogen-bond donors (Lipinski definition) is 3. The lowest BCUT2D eigenvalue weighted by Crippen LogP contribution is -2.35. The highest BCUT2D eigenvalue weighted by Gasteiger charge is 2.24. The third kappa shape index (κ3) is 5.42. The molecule has 0 aliphatic carbocycles. The lowest BCUT2D eigenvalue weighted by Gasteiger charge is -2.29. The molecule has 0 saturated carbocycles. The highest BCUT2D eigenvalue weighted by molar-refractivity contribution is 8.00. The quantitative estimate of drug-likeness (QED) is 0.408. The van der Waals surface area contributed by atoms with Crippen LogP contribution in [0.4, 0.5) is 28.8 Å². The molecule has 1 amide bonds. The van der Waals surface area contributed by atoms with Gasteiger partial charge in [-0.2, -0.15) is 4.98 Å². The number of anilines is 5. The second-order valence-corrected chi connectivity index (χ2v) is 11.1. The van der Waals surface area contributed by atoms with Crippen molar-refractivity contribution in [3.8, 4) is 0 Å². The molecule has 184 valence electrons. The van der Waals surface area contributed by atoms with Gasteiger partial charge in [-0.1, -0.05) is 13.0 Å². The van der Waals surface area contributed by atoms with Gasteiger partial charge in [0.15, 0.2) is 0 Å². The van der Waals surface area contributed by atoms with Crippen molar-refractivity contribution in [2.45, 2.75) is 37.0 Å². The molecule has 0 bridgehead atoms. The second kappa shape index (κ2) is 10.2. The van der Waals surface area contributed by atoms with Gasteiger partial charge in [-0.25, -0.2) is 18.1 Å². The summed E-state index contributed by atoms with van der Waals surface area (Å²) in [4.78, 5) is 24.5. The normalized spacial score (nSPS) is 13.5.